The number of hydrogen-bond donors (Lipinski definition) is 1. The van der Waals surface area contributed by atoms with Crippen molar-refractivity contribution in [2.75, 3.05) is 4.72 Å². The molecule has 0 spiro atoms. The lowest BCUT2D eigenvalue weighted by molar-refractivity contribution is 0.598. The predicted molar refractivity (Wildman–Crippen MR) is 128 cm³/mol. The summed E-state index contributed by atoms with van der Waals surface area (Å²) in [7, 11) is -2.15. The van der Waals surface area contributed by atoms with Crippen LogP contribution in [0.3, 0.4) is 0 Å². The third kappa shape index (κ3) is 4.94. The van der Waals surface area contributed by atoms with Gasteiger partial charge in [0.1, 0.15) is 6.33 Å². The maximum Gasteiger partial charge on any atom is 0.281 e. The molecule has 0 amide bonds. The van der Waals surface area contributed by atoms with Gasteiger partial charge in [0.15, 0.2) is 5.03 Å². The summed E-state index contributed by atoms with van der Waals surface area (Å²) in [5.41, 5.74) is 5.45. The fourth-order valence-corrected chi connectivity index (χ4v) is 4.39. The highest BCUT2D eigenvalue weighted by atomic mass is 32.2. The Kier molecular flexibility index (Phi) is 6.38. The van der Waals surface area contributed by atoms with Crippen molar-refractivity contribution in [1.82, 2.24) is 29.5 Å². The molecule has 0 atom stereocenters. The van der Waals surface area contributed by atoms with E-state index < -0.39 is 10.0 Å². The number of nitrogens with zero attached hydrogens (tertiary/aromatic N) is 6. The van der Waals surface area contributed by atoms with Crippen molar-refractivity contribution >= 4 is 15.7 Å². The minimum Gasteiger partial charge on any atom is -0.339 e. The summed E-state index contributed by atoms with van der Waals surface area (Å²) >= 11 is 0. The summed E-state index contributed by atoms with van der Waals surface area (Å²) < 4.78 is 29.5. The SMILES string of the molecule is CCc1ncnc(-c2ccnc(C)c2)c1C#Cc1cnc(C)c(NS(=O)(=O)c2cn(C)cn2)c1. The van der Waals surface area contributed by atoms with Gasteiger partial charge in [-0.25, -0.2) is 15.0 Å². The number of nitrogens with one attached hydrogen (secondary N) is 1. The van der Waals surface area contributed by atoms with Crippen molar-refractivity contribution in [2.45, 2.75) is 32.2 Å². The molecule has 0 saturated carbocycles. The summed E-state index contributed by atoms with van der Waals surface area (Å²) in [6.45, 7) is 5.65. The standard InChI is InChI=1S/C24H23N7O2S/c1-5-21-20(24(28-14-27-21)19-8-9-25-16(2)10-19)7-6-18-11-22(17(3)26-12-18)30-34(32,33)23-13-31(4)15-29-23/h8-15,30H,5H2,1-4H3. The Labute approximate surface area is 198 Å². The summed E-state index contributed by atoms with van der Waals surface area (Å²) in [6.07, 6.45) is 8.42. The molecule has 0 radical (unpaired) electrons. The first-order valence-corrected chi connectivity index (χ1v) is 12.0. The Morgan fingerprint density at radius 1 is 1.06 bits per heavy atom. The molecule has 0 aliphatic heterocycles. The van der Waals surface area contributed by atoms with Gasteiger partial charge in [0.05, 0.1) is 34.7 Å². The number of rotatable bonds is 5. The highest BCUT2D eigenvalue weighted by Gasteiger charge is 2.18. The van der Waals surface area contributed by atoms with Crippen molar-refractivity contribution < 1.29 is 8.42 Å². The quantitative estimate of drug-likeness (QED) is 0.443. The van der Waals surface area contributed by atoms with Gasteiger partial charge < -0.3 is 4.57 Å². The Balaban J connectivity index is 1.72. The minimum atomic E-state index is -3.85. The largest absolute Gasteiger partial charge is 0.339 e. The van der Waals surface area contributed by atoms with E-state index in [1.165, 1.54) is 18.9 Å². The molecule has 4 rings (SSSR count). The maximum absolute atomic E-state index is 12.7. The molecule has 0 aliphatic carbocycles. The van der Waals surface area contributed by atoms with Crippen LogP contribution in [0.5, 0.6) is 0 Å². The lowest BCUT2D eigenvalue weighted by Crippen LogP contribution is -2.14. The number of anilines is 1. The first kappa shape index (κ1) is 23.1. The smallest absolute Gasteiger partial charge is 0.281 e. The molecular weight excluding hydrogens is 450 g/mol. The van der Waals surface area contributed by atoms with Gasteiger partial charge >= 0.3 is 0 Å². The van der Waals surface area contributed by atoms with E-state index in [1.54, 1.807) is 37.0 Å². The molecule has 0 unspecified atom stereocenters. The molecule has 0 fully saturated rings. The molecule has 9 nitrogen and oxygen atoms in total. The predicted octanol–water partition coefficient (Wildman–Crippen LogP) is 3.05. The number of hydrogen-bond acceptors (Lipinski definition) is 7. The van der Waals surface area contributed by atoms with Gasteiger partial charge in [-0.3, -0.25) is 14.7 Å². The van der Waals surface area contributed by atoms with E-state index in [9.17, 15) is 8.42 Å². The van der Waals surface area contributed by atoms with E-state index in [-0.39, 0.29) is 5.03 Å². The van der Waals surface area contributed by atoms with E-state index in [2.05, 4.69) is 41.5 Å². The van der Waals surface area contributed by atoms with Gasteiger partial charge in [0.2, 0.25) is 0 Å². The first-order chi connectivity index (χ1) is 16.3. The molecular formula is C24H23N7O2S. The average Bonchev–Trinajstić information content (AvgIpc) is 3.26. The number of imidazole rings is 1. The number of pyridine rings is 2. The molecule has 4 aromatic rings. The van der Waals surface area contributed by atoms with E-state index in [1.807, 2.05) is 26.0 Å². The lowest BCUT2D eigenvalue weighted by Gasteiger charge is -2.09. The molecule has 0 bridgehead atoms. The second kappa shape index (κ2) is 9.41. The maximum atomic E-state index is 12.7. The van der Waals surface area contributed by atoms with Crippen LogP contribution in [0, 0.1) is 25.7 Å². The van der Waals surface area contributed by atoms with Gasteiger partial charge in [-0.2, -0.15) is 8.42 Å². The third-order valence-electron chi connectivity index (χ3n) is 5.05. The molecule has 1 N–H and O–H groups in total. The zero-order chi connectivity index (χ0) is 24.3. The van der Waals surface area contributed by atoms with Crippen molar-refractivity contribution in [2.24, 2.45) is 7.05 Å². The molecule has 34 heavy (non-hydrogen) atoms. The number of aryl methyl sites for hydroxylation is 4. The van der Waals surface area contributed by atoms with Gasteiger partial charge in [0, 0.05) is 42.5 Å². The molecule has 0 aliphatic rings. The Morgan fingerprint density at radius 3 is 2.59 bits per heavy atom. The van der Waals surface area contributed by atoms with E-state index in [0.29, 0.717) is 28.9 Å². The van der Waals surface area contributed by atoms with Crippen molar-refractivity contribution in [3.05, 3.63) is 77.7 Å². The second-order valence-electron chi connectivity index (χ2n) is 7.67. The van der Waals surface area contributed by atoms with Crippen LogP contribution in [0.15, 0.2) is 54.5 Å². The van der Waals surface area contributed by atoms with Crippen LogP contribution in [0.4, 0.5) is 5.69 Å². The van der Waals surface area contributed by atoms with E-state index in [4.69, 9.17) is 0 Å². The first-order valence-electron chi connectivity index (χ1n) is 10.5. The summed E-state index contributed by atoms with van der Waals surface area (Å²) in [6, 6.07) is 5.49. The Bertz CT molecular complexity index is 1530. The zero-order valence-electron chi connectivity index (χ0n) is 19.2. The lowest BCUT2D eigenvalue weighted by atomic mass is 10.0. The van der Waals surface area contributed by atoms with Crippen molar-refractivity contribution in [3.63, 3.8) is 0 Å². The van der Waals surface area contributed by atoms with Crippen LogP contribution < -0.4 is 4.72 Å². The van der Waals surface area contributed by atoms with Gasteiger partial charge in [0.25, 0.3) is 10.0 Å². The number of sulfonamides is 1. The number of aromatic nitrogens is 6. The normalized spacial score (nSPS) is 11.1. The van der Waals surface area contributed by atoms with Crippen LogP contribution in [0.1, 0.15) is 35.1 Å². The molecule has 4 aromatic heterocycles. The minimum absolute atomic E-state index is 0.0720. The van der Waals surface area contributed by atoms with Gasteiger partial charge in [-0.15, -0.1) is 0 Å². The van der Waals surface area contributed by atoms with Gasteiger partial charge in [-0.05, 0) is 38.5 Å². The second-order valence-corrected chi connectivity index (χ2v) is 9.30. The molecule has 0 saturated heterocycles. The molecule has 172 valence electrons. The topological polar surface area (TPSA) is 116 Å². The van der Waals surface area contributed by atoms with Crippen LogP contribution >= 0.6 is 0 Å². The van der Waals surface area contributed by atoms with Crippen LogP contribution in [-0.4, -0.2) is 37.9 Å². The highest BCUT2D eigenvalue weighted by molar-refractivity contribution is 7.92. The summed E-state index contributed by atoms with van der Waals surface area (Å²) in [5.74, 6) is 6.28. The molecule has 0 aromatic carbocycles. The van der Waals surface area contributed by atoms with Crippen LogP contribution in [-0.2, 0) is 23.5 Å². The Hall–Kier alpha value is -4.10. The van der Waals surface area contributed by atoms with Crippen LogP contribution in [0.25, 0.3) is 11.3 Å². The molecule has 10 heteroatoms. The fourth-order valence-electron chi connectivity index (χ4n) is 3.30. The van der Waals surface area contributed by atoms with E-state index >= 15 is 0 Å². The van der Waals surface area contributed by atoms with Gasteiger partial charge in [-0.1, -0.05) is 18.8 Å². The summed E-state index contributed by atoms with van der Waals surface area (Å²) in [5, 5.41) is -0.0720. The molecule has 4 heterocycles. The monoisotopic (exact) mass is 473 g/mol. The average molecular weight is 474 g/mol. The van der Waals surface area contributed by atoms with Crippen molar-refractivity contribution in [1.29, 1.82) is 0 Å². The van der Waals surface area contributed by atoms with Crippen molar-refractivity contribution in [3.8, 4) is 23.1 Å². The highest BCUT2D eigenvalue weighted by Crippen LogP contribution is 2.23. The summed E-state index contributed by atoms with van der Waals surface area (Å²) in [4.78, 5) is 21.3. The fraction of sp³-hybridized carbons (Fsp3) is 0.208. The van der Waals surface area contributed by atoms with E-state index in [0.717, 1.165) is 22.6 Å². The third-order valence-corrected chi connectivity index (χ3v) is 6.30. The Morgan fingerprint density at radius 2 is 1.88 bits per heavy atom. The zero-order valence-corrected chi connectivity index (χ0v) is 20.1. The van der Waals surface area contributed by atoms with Crippen LogP contribution in [0.2, 0.25) is 0 Å².